The second kappa shape index (κ2) is 13.0. The number of aromatic nitrogens is 1. The summed E-state index contributed by atoms with van der Waals surface area (Å²) in [6.45, 7) is 3.92. The number of aliphatic carboxylic acids is 1. The van der Waals surface area contributed by atoms with Crippen molar-refractivity contribution in [3.8, 4) is 0 Å². The number of hydrogen-bond donors (Lipinski definition) is 6. The van der Waals surface area contributed by atoms with E-state index in [-0.39, 0.29) is 22.2 Å². The Hall–Kier alpha value is -3.87. The zero-order valence-electron chi connectivity index (χ0n) is 21.9. The Morgan fingerprint density at radius 2 is 1.77 bits per heavy atom. The summed E-state index contributed by atoms with van der Waals surface area (Å²) >= 11 is 0. The van der Waals surface area contributed by atoms with Crippen molar-refractivity contribution in [2.75, 3.05) is 12.8 Å². The monoisotopic (exact) mass is 602 g/mol. The highest BCUT2D eigenvalue weighted by Crippen LogP contribution is 2.23. The summed E-state index contributed by atoms with van der Waals surface area (Å²) in [4.78, 5) is 29.4. The first-order valence-corrected chi connectivity index (χ1v) is 14.8. The number of nitrogens with two attached hydrogens (primary N) is 1. The van der Waals surface area contributed by atoms with Gasteiger partial charge in [0.2, 0.25) is 15.9 Å². The van der Waals surface area contributed by atoms with Crippen LogP contribution in [0.25, 0.3) is 0 Å². The number of carbonyl (C=O) groups is 2. The standard InChI is InChI=1S/C21H26N6O7S.CH4O3S/c1-10(17-8-15(26-34-17)13-4-6-14(7-5-13)19(22)23)20(28)24-9-16(21(29)30)27-35(31,32)18-11(2)25-33-12(18)3;1-5(2,3)4/h4-7,10,16-17,27H,8-9H2,1-3H3,(H3,22,23)(H,24,28)(H,29,30);1H3,(H,2,3,4)/t10?,16-,17+;/m0./s1. The summed E-state index contributed by atoms with van der Waals surface area (Å²) in [5, 5.41) is 27.0. The Kier molecular flexibility index (Phi) is 10.5. The summed E-state index contributed by atoms with van der Waals surface area (Å²) in [5.41, 5.74) is 7.47. The minimum atomic E-state index is -4.26. The van der Waals surface area contributed by atoms with Crippen LogP contribution < -0.4 is 15.8 Å². The van der Waals surface area contributed by atoms with Gasteiger partial charge in [0, 0.05) is 18.5 Å². The molecule has 1 aromatic heterocycles. The van der Waals surface area contributed by atoms with Gasteiger partial charge in [-0.15, -0.1) is 0 Å². The molecular weight excluding hydrogens is 572 g/mol. The molecule has 3 rings (SSSR count). The van der Waals surface area contributed by atoms with Crippen molar-refractivity contribution < 1.29 is 45.4 Å². The molecule has 0 saturated heterocycles. The molecule has 1 aliphatic rings. The number of oxime groups is 1. The van der Waals surface area contributed by atoms with Gasteiger partial charge in [-0.25, -0.2) is 8.42 Å². The largest absolute Gasteiger partial charge is 0.480 e. The minimum absolute atomic E-state index is 0.0157. The van der Waals surface area contributed by atoms with E-state index >= 15 is 0 Å². The number of nitrogen functional groups attached to an aromatic ring is 1. The molecule has 1 aliphatic heterocycles. The first kappa shape index (κ1) is 32.3. The number of rotatable bonds is 10. The smallest absolute Gasteiger partial charge is 0.323 e. The van der Waals surface area contributed by atoms with Crippen molar-refractivity contribution in [1.29, 1.82) is 5.41 Å². The number of aryl methyl sites for hydroxylation is 2. The maximum absolute atomic E-state index is 12.6. The maximum Gasteiger partial charge on any atom is 0.323 e. The molecule has 16 nitrogen and oxygen atoms in total. The number of hydrogen-bond acceptors (Lipinski definition) is 11. The van der Waals surface area contributed by atoms with Crippen molar-refractivity contribution >= 4 is 43.6 Å². The van der Waals surface area contributed by atoms with Crippen LogP contribution in [0.1, 0.15) is 35.9 Å². The molecule has 1 unspecified atom stereocenters. The van der Waals surface area contributed by atoms with Crippen molar-refractivity contribution in [1.82, 2.24) is 15.2 Å². The Labute approximate surface area is 230 Å². The van der Waals surface area contributed by atoms with Gasteiger partial charge in [0.25, 0.3) is 10.1 Å². The number of carbonyl (C=O) groups excluding carboxylic acids is 1. The topological polar surface area (TPSA) is 264 Å². The first-order valence-electron chi connectivity index (χ1n) is 11.5. The van der Waals surface area contributed by atoms with Crippen LogP contribution in [0.15, 0.2) is 38.8 Å². The Bertz CT molecular complexity index is 1470. The Morgan fingerprint density at radius 3 is 2.25 bits per heavy atom. The summed E-state index contributed by atoms with van der Waals surface area (Å²) < 4.78 is 58.0. The van der Waals surface area contributed by atoms with E-state index < -0.39 is 56.6 Å². The fourth-order valence-electron chi connectivity index (χ4n) is 3.49. The molecule has 7 N–H and O–H groups in total. The van der Waals surface area contributed by atoms with Crippen LogP contribution in [-0.4, -0.2) is 80.0 Å². The minimum Gasteiger partial charge on any atom is -0.480 e. The third kappa shape index (κ3) is 9.11. The first-order chi connectivity index (χ1) is 18.4. The quantitative estimate of drug-likeness (QED) is 0.117. The van der Waals surface area contributed by atoms with E-state index in [9.17, 15) is 31.5 Å². The molecule has 2 heterocycles. The summed E-state index contributed by atoms with van der Waals surface area (Å²) in [7, 11) is -7.92. The molecule has 0 fully saturated rings. The van der Waals surface area contributed by atoms with Crippen LogP contribution in [0.2, 0.25) is 0 Å². The zero-order valence-corrected chi connectivity index (χ0v) is 23.5. The molecule has 220 valence electrons. The Morgan fingerprint density at radius 1 is 1.20 bits per heavy atom. The third-order valence-electron chi connectivity index (χ3n) is 5.51. The van der Waals surface area contributed by atoms with E-state index in [4.69, 9.17) is 25.1 Å². The number of nitrogens with zero attached hydrogens (tertiary/aromatic N) is 2. The normalized spacial score (nSPS) is 16.5. The maximum atomic E-state index is 12.6. The molecule has 18 heteroatoms. The number of carboxylic acid groups (broad SMARTS) is 1. The highest BCUT2D eigenvalue weighted by atomic mass is 32.2. The van der Waals surface area contributed by atoms with Gasteiger partial charge < -0.3 is 25.5 Å². The van der Waals surface area contributed by atoms with Crippen LogP contribution in [0.3, 0.4) is 0 Å². The van der Waals surface area contributed by atoms with E-state index in [1.807, 2.05) is 0 Å². The van der Waals surface area contributed by atoms with Gasteiger partial charge in [0.05, 0.1) is 17.9 Å². The lowest BCUT2D eigenvalue weighted by molar-refractivity contribution is -0.139. The number of amidine groups is 1. The van der Waals surface area contributed by atoms with E-state index in [0.717, 1.165) is 5.56 Å². The summed E-state index contributed by atoms with van der Waals surface area (Å²) in [6, 6.07) is 5.22. The van der Waals surface area contributed by atoms with Gasteiger partial charge in [-0.1, -0.05) is 34.6 Å². The molecule has 0 radical (unpaired) electrons. The number of benzene rings is 1. The van der Waals surface area contributed by atoms with Crippen LogP contribution in [-0.2, 0) is 34.6 Å². The second-order valence-corrected chi connectivity index (χ2v) is 11.9. The summed E-state index contributed by atoms with van der Waals surface area (Å²) in [5.74, 6) is -2.74. The molecule has 1 amide bonds. The van der Waals surface area contributed by atoms with Gasteiger partial charge in [-0.05, 0) is 26.3 Å². The molecule has 2 aromatic rings. The molecule has 0 bridgehead atoms. The fraction of sp³-hybridized carbons (Fsp3) is 0.409. The fourth-order valence-corrected chi connectivity index (χ4v) is 5.01. The van der Waals surface area contributed by atoms with Gasteiger partial charge in [-0.3, -0.25) is 19.6 Å². The van der Waals surface area contributed by atoms with Crippen LogP contribution in [0, 0.1) is 25.2 Å². The van der Waals surface area contributed by atoms with Crippen molar-refractivity contribution in [3.63, 3.8) is 0 Å². The molecule has 40 heavy (non-hydrogen) atoms. The SMILES string of the molecule is CS(=O)(=O)O.Cc1noc(C)c1S(=O)(=O)N[C@@H](CNC(=O)C(C)[C@H]1CC(c2ccc(C(=N)N)cc2)=NO1)C(=O)O. The van der Waals surface area contributed by atoms with E-state index in [2.05, 4.69) is 20.4 Å². The molecule has 3 atom stereocenters. The molecule has 1 aromatic carbocycles. The third-order valence-corrected chi connectivity index (χ3v) is 7.22. The average Bonchev–Trinajstić information content (AvgIpc) is 3.46. The van der Waals surface area contributed by atoms with E-state index in [1.165, 1.54) is 13.8 Å². The van der Waals surface area contributed by atoms with Gasteiger partial charge in [0.15, 0.2) is 5.76 Å². The average molecular weight is 603 g/mol. The highest BCUT2D eigenvalue weighted by molar-refractivity contribution is 7.89. The molecule has 0 spiro atoms. The van der Waals surface area contributed by atoms with E-state index in [0.29, 0.717) is 24.0 Å². The predicted octanol–water partition coefficient (Wildman–Crippen LogP) is -0.243. The second-order valence-electron chi connectivity index (χ2n) is 8.81. The van der Waals surface area contributed by atoms with Gasteiger partial charge >= 0.3 is 5.97 Å². The highest BCUT2D eigenvalue weighted by Gasteiger charge is 2.34. The molecular formula is C22H30N6O10S2. The van der Waals surface area contributed by atoms with Crippen molar-refractivity contribution in [2.24, 2.45) is 16.8 Å². The number of sulfonamides is 1. The van der Waals surface area contributed by atoms with Crippen LogP contribution in [0.5, 0.6) is 0 Å². The Balaban J connectivity index is 0.00000103. The molecule has 0 saturated carbocycles. The van der Waals surface area contributed by atoms with Crippen LogP contribution in [0.4, 0.5) is 0 Å². The number of amides is 1. The van der Waals surface area contributed by atoms with Gasteiger partial charge in [0.1, 0.15) is 28.6 Å². The lowest BCUT2D eigenvalue weighted by atomic mass is 9.96. The van der Waals surface area contributed by atoms with Crippen LogP contribution >= 0.6 is 0 Å². The van der Waals surface area contributed by atoms with Crippen molar-refractivity contribution in [2.45, 2.75) is 44.2 Å². The zero-order chi connectivity index (χ0) is 30.4. The summed E-state index contributed by atoms with van der Waals surface area (Å²) in [6.07, 6.45) is 0.446. The number of nitrogens with one attached hydrogen (secondary N) is 3. The number of carboxylic acids is 1. The lowest BCUT2D eigenvalue weighted by Gasteiger charge is -2.19. The van der Waals surface area contributed by atoms with E-state index in [1.54, 1.807) is 31.2 Å². The lowest BCUT2D eigenvalue weighted by Crippen LogP contribution is -2.50. The van der Waals surface area contributed by atoms with Gasteiger partial charge in [-0.2, -0.15) is 13.1 Å². The molecule has 0 aliphatic carbocycles. The van der Waals surface area contributed by atoms with Crippen molar-refractivity contribution in [3.05, 3.63) is 46.8 Å². The predicted molar refractivity (Wildman–Crippen MR) is 141 cm³/mol.